The highest BCUT2D eigenvalue weighted by Crippen LogP contribution is 2.27. The number of carbonyl (C=O) groups is 1. The molecular weight excluding hydrogens is 275 g/mol. The summed E-state index contributed by atoms with van der Waals surface area (Å²) in [6.45, 7) is 1.84. The Balaban J connectivity index is 3.26. The number of ketones is 1. The van der Waals surface area contributed by atoms with Crippen molar-refractivity contribution >= 4 is 44.9 Å². The molecule has 0 saturated carbocycles. The topological polar surface area (TPSA) is 17.1 Å². The quantitative estimate of drug-likeness (QED) is 0.595. The number of hydrogen-bond donors (Lipinski definition) is 0. The van der Waals surface area contributed by atoms with Crippen molar-refractivity contribution in [2.45, 2.75) is 6.92 Å². The molecule has 0 amide bonds. The lowest BCUT2D eigenvalue weighted by Crippen LogP contribution is -2.02. The third-order valence-electron chi connectivity index (χ3n) is 1.74. The van der Waals surface area contributed by atoms with Gasteiger partial charge in [0, 0.05) is 15.1 Å². The van der Waals surface area contributed by atoms with Crippen LogP contribution < -0.4 is 0 Å². The van der Waals surface area contributed by atoms with Crippen LogP contribution in [0.5, 0.6) is 0 Å². The van der Waals surface area contributed by atoms with Gasteiger partial charge in [-0.1, -0.05) is 11.6 Å². The number of hydrogen-bond acceptors (Lipinski definition) is 1. The maximum absolute atomic E-state index is 11.3. The second-order valence-electron chi connectivity index (χ2n) is 2.59. The van der Waals surface area contributed by atoms with Crippen molar-refractivity contribution in [2.24, 2.45) is 0 Å². The van der Waals surface area contributed by atoms with Gasteiger partial charge in [-0.3, -0.25) is 4.79 Å². The minimum absolute atomic E-state index is 0.0142. The van der Waals surface area contributed by atoms with Crippen LogP contribution in [0.15, 0.2) is 16.6 Å². The van der Waals surface area contributed by atoms with Gasteiger partial charge in [0.15, 0.2) is 5.78 Å². The van der Waals surface area contributed by atoms with E-state index in [9.17, 15) is 4.79 Å². The summed E-state index contributed by atoms with van der Waals surface area (Å²) in [7, 11) is 0. The van der Waals surface area contributed by atoms with E-state index in [4.69, 9.17) is 23.2 Å². The van der Waals surface area contributed by atoms with Crippen LogP contribution in [-0.4, -0.2) is 11.7 Å². The minimum atomic E-state index is -0.103. The van der Waals surface area contributed by atoms with Gasteiger partial charge in [-0.25, -0.2) is 0 Å². The van der Waals surface area contributed by atoms with E-state index in [0.29, 0.717) is 10.6 Å². The van der Waals surface area contributed by atoms with E-state index >= 15 is 0 Å². The van der Waals surface area contributed by atoms with Crippen LogP contribution in [0.3, 0.4) is 0 Å². The van der Waals surface area contributed by atoms with Gasteiger partial charge < -0.3 is 0 Å². The van der Waals surface area contributed by atoms with Gasteiger partial charge in [-0.15, -0.1) is 11.6 Å². The number of benzene rings is 1. The van der Waals surface area contributed by atoms with Crippen molar-refractivity contribution < 1.29 is 4.79 Å². The SMILES string of the molecule is Cc1c(Cl)ccc(C(=O)CCl)c1Br. The van der Waals surface area contributed by atoms with Crippen molar-refractivity contribution in [2.75, 3.05) is 5.88 Å². The lowest BCUT2D eigenvalue weighted by atomic mass is 10.1. The molecule has 13 heavy (non-hydrogen) atoms. The van der Waals surface area contributed by atoms with Crippen LogP contribution in [0.25, 0.3) is 0 Å². The van der Waals surface area contributed by atoms with Gasteiger partial charge in [0.1, 0.15) is 0 Å². The zero-order valence-electron chi connectivity index (χ0n) is 6.90. The molecule has 0 bridgehead atoms. The van der Waals surface area contributed by atoms with E-state index in [1.807, 2.05) is 6.92 Å². The van der Waals surface area contributed by atoms with Gasteiger partial charge in [-0.2, -0.15) is 0 Å². The Hall–Kier alpha value is -0.0500. The first-order valence-electron chi connectivity index (χ1n) is 3.61. The molecular formula is C9H7BrCl2O. The lowest BCUT2D eigenvalue weighted by Gasteiger charge is -2.05. The first kappa shape index (κ1) is 11.0. The summed E-state index contributed by atoms with van der Waals surface area (Å²) in [4.78, 5) is 11.3. The predicted octanol–water partition coefficient (Wildman–Crippen LogP) is 3.83. The predicted molar refractivity (Wildman–Crippen MR) is 58.9 cm³/mol. The minimum Gasteiger partial charge on any atom is -0.293 e. The molecule has 0 saturated heterocycles. The number of rotatable bonds is 2. The Morgan fingerprint density at radius 3 is 2.69 bits per heavy atom. The molecule has 0 N–H and O–H groups in total. The average Bonchev–Trinajstić information content (AvgIpc) is 2.13. The second kappa shape index (κ2) is 4.45. The Labute approximate surface area is 95.2 Å². The normalized spacial score (nSPS) is 10.2. The molecule has 1 rings (SSSR count). The van der Waals surface area contributed by atoms with Gasteiger partial charge >= 0.3 is 0 Å². The lowest BCUT2D eigenvalue weighted by molar-refractivity contribution is 0.102. The van der Waals surface area contributed by atoms with Gasteiger partial charge in [0.25, 0.3) is 0 Å². The number of Topliss-reactive ketones (excluding diaryl/α,β-unsaturated/α-hetero) is 1. The molecule has 4 heteroatoms. The van der Waals surface area contributed by atoms with Gasteiger partial charge in [0.05, 0.1) is 5.88 Å². The van der Waals surface area contributed by atoms with Gasteiger partial charge in [0.2, 0.25) is 0 Å². The Kier molecular flexibility index (Phi) is 3.77. The van der Waals surface area contributed by atoms with E-state index in [0.717, 1.165) is 10.0 Å². The number of carbonyl (C=O) groups excluding carboxylic acids is 1. The zero-order valence-corrected chi connectivity index (χ0v) is 10.0. The van der Waals surface area contributed by atoms with Crippen LogP contribution >= 0.6 is 39.1 Å². The summed E-state index contributed by atoms with van der Waals surface area (Å²) >= 11 is 14.6. The van der Waals surface area contributed by atoms with Crippen molar-refractivity contribution in [1.82, 2.24) is 0 Å². The van der Waals surface area contributed by atoms with E-state index in [1.165, 1.54) is 0 Å². The Bertz CT molecular complexity index is 350. The molecule has 1 nitrogen and oxygen atoms in total. The fraction of sp³-hybridized carbons (Fsp3) is 0.222. The molecule has 0 aliphatic carbocycles. The monoisotopic (exact) mass is 280 g/mol. The smallest absolute Gasteiger partial charge is 0.178 e. The number of alkyl halides is 1. The van der Waals surface area contributed by atoms with E-state index < -0.39 is 0 Å². The third-order valence-corrected chi connectivity index (χ3v) is 3.42. The summed E-state index contributed by atoms with van der Waals surface area (Å²) in [5, 5.41) is 0.637. The number of halogens is 3. The van der Waals surface area contributed by atoms with Crippen LogP contribution in [0.1, 0.15) is 15.9 Å². The maximum Gasteiger partial charge on any atom is 0.178 e. The largest absolute Gasteiger partial charge is 0.293 e. The second-order valence-corrected chi connectivity index (χ2v) is 4.06. The van der Waals surface area contributed by atoms with Crippen LogP contribution in [-0.2, 0) is 0 Å². The molecule has 0 aliphatic rings. The van der Waals surface area contributed by atoms with Crippen molar-refractivity contribution in [3.63, 3.8) is 0 Å². The molecule has 0 unspecified atom stereocenters. The van der Waals surface area contributed by atoms with Crippen LogP contribution in [0, 0.1) is 6.92 Å². The summed E-state index contributed by atoms with van der Waals surface area (Å²) in [6.07, 6.45) is 0. The molecule has 0 aromatic heterocycles. The molecule has 0 fully saturated rings. The van der Waals surface area contributed by atoms with E-state index in [2.05, 4.69) is 15.9 Å². The molecule has 1 aromatic rings. The van der Waals surface area contributed by atoms with Gasteiger partial charge in [-0.05, 0) is 40.5 Å². The molecule has 0 aliphatic heterocycles. The molecule has 70 valence electrons. The highest BCUT2D eigenvalue weighted by Gasteiger charge is 2.11. The van der Waals surface area contributed by atoms with E-state index in [1.54, 1.807) is 12.1 Å². The fourth-order valence-corrected chi connectivity index (χ4v) is 1.93. The highest BCUT2D eigenvalue weighted by atomic mass is 79.9. The third kappa shape index (κ3) is 2.25. The fourth-order valence-electron chi connectivity index (χ4n) is 0.949. The summed E-state index contributed by atoms with van der Waals surface area (Å²) in [5.41, 5.74) is 1.44. The van der Waals surface area contributed by atoms with Crippen molar-refractivity contribution in [3.8, 4) is 0 Å². The zero-order chi connectivity index (χ0) is 10.0. The molecule has 0 heterocycles. The first-order valence-corrected chi connectivity index (χ1v) is 5.32. The summed E-state index contributed by atoms with van der Waals surface area (Å²) < 4.78 is 0.727. The molecule has 0 radical (unpaired) electrons. The Morgan fingerprint density at radius 1 is 1.54 bits per heavy atom. The standard InChI is InChI=1S/C9H7BrCl2O/c1-5-7(12)3-2-6(9(5)10)8(13)4-11/h2-3H,4H2,1H3. The summed E-state index contributed by atoms with van der Waals surface area (Å²) in [6, 6.07) is 3.37. The molecule has 1 aromatic carbocycles. The molecule has 0 atom stereocenters. The van der Waals surface area contributed by atoms with Crippen LogP contribution in [0.2, 0.25) is 5.02 Å². The van der Waals surface area contributed by atoms with Crippen molar-refractivity contribution in [1.29, 1.82) is 0 Å². The molecule has 0 spiro atoms. The van der Waals surface area contributed by atoms with Crippen LogP contribution in [0.4, 0.5) is 0 Å². The average molecular weight is 282 g/mol. The first-order chi connectivity index (χ1) is 6.07. The highest BCUT2D eigenvalue weighted by molar-refractivity contribution is 9.10. The van der Waals surface area contributed by atoms with E-state index in [-0.39, 0.29) is 11.7 Å². The van der Waals surface area contributed by atoms with Crippen molar-refractivity contribution in [3.05, 3.63) is 32.8 Å². The summed E-state index contributed by atoms with van der Waals surface area (Å²) in [5.74, 6) is -0.118. The maximum atomic E-state index is 11.3. The Morgan fingerprint density at radius 2 is 2.15 bits per heavy atom.